The molecule has 0 aromatic heterocycles. The fourth-order valence-electron chi connectivity index (χ4n) is 4.06. The zero-order valence-corrected chi connectivity index (χ0v) is 27.6. The third-order valence-electron chi connectivity index (χ3n) is 7.15. The van der Waals surface area contributed by atoms with Crippen molar-refractivity contribution in [2.45, 2.75) is 109 Å². The number of hydrogen-bond donors (Lipinski definition) is 0. The first-order chi connectivity index (χ1) is 13.0. The highest BCUT2D eigenvalue weighted by Crippen LogP contribution is 2.51. The average molecular weight is 694 g/mol. The van der Waals surface area contributed by atoms with Crippen LogP contribution in [0.2, 0.25) is 35.3 Å². The molecule has 0 bridgehead atoms. The molecule has 7 heteroatoms. The Morgan fingerprint density at radius 1 is 0.759 bits per heavy atom. The summed E-state index contributed by atoms with van der Waals surface area (Å²) in [5.74, 6) is 0. The summed E-state index contributed by atoms with van der Waals surface area (Å²) in [6, 6.07) is 2.28. The lowest BCUT2D eigenvalue weighted by molar-refractivity contribution is 0.437. The summed E-state index contributed by atoms with van der Waals surface area (Å²) in [7, 11) is -4.05. The van der Waals surface area contributed by atoms with E-state index >= 15 is 0 Å². The van der Waals surface area contributed by atoms with Crippen molar-refractivity contribution in [2.75, 3.05) is 0 Å². The van der Waals surface area contributed by atoms with Crippen LogP contribution < -0.4 is 0 Å². The van der Waals surface area contributed by atoms with Crippen molar-refractivity contribution in [1.82, 2.24) is 0 Å². The van der Waals surface area contributed by atoms with Gasteiger partial charge in [-0.2, -0.15) is 0 Å². The Morgan fingerprint density at radius 3 is 1.28 bits per heavy atom. The summed E-state index contributed by atoms with van der Waals surface area (Å²) in [6.07, 6.45) is 7.13. The number of hydrogen-bond acceptors (Lipinski definition) is 1. The summed E-state index contributed by atoms with van der Waals surface area (Å²) in [6.45, 7) is 19.4. The summed E-state index contributed by atoms with van der Waals surface area (Å²) in [5, 5.41) is 0.388. The maximum atomic E-state index is 7.55. The molecule has 29 heavy (non-hydrogen) atoms. The third-order valence-corrected chi connectivity index (χ3v) is 24.4. The molecule has 0 fully saturated rings. The van der Waals surface area contributed by atoms with Gasteiger partial charge in [0.15, 0.2) is 16.6 Å². The van der Waals surface area contributed by atoms with Crippen molar-refractivity contribution in [3.63, 3.8) is 0 Å². The van der Waals surface area contributed by atoms with Crippen LogP contribution in [-0.4, -0.2) is 35.9 Å². The molecule has 2 aliphatic rings. The first-order valence-electron chi connectivity index (χ1n) is 10.6. The Morgan fingerprint density at radius 2 is 1.07 bits per heavy atom. The van der Waals surface area contributed by atoms with Crippen LogP contribution in [0.15, 0.2) is 23.3 Å². The van der Waals surface area contributed by atoms with Crippen molar-refractivity contribution >= 4 is 80.4 Å². The van der Waals surface area contributed by atoms with Gasteiger partial charge < -0.3 is 4.12 Å². The molecule has 0 aliphatic heterocycles. The lowest BCUT2D eigenvalue weighted by Crippen LogP contribution is -2.57. The number of halogens is 4. The molecule has 0 spiro atoms. The molecular weight excluding hydrogens is 656 g/mol. The van der Waals surface area contributed by atoms with E-state index in [2.05, 4.69) is 131 Å². The van der Waals surface area contributed by atoms with E-state index in [1.54, 1.807) is 11.1 Å². The second-order valence-corrected chi connectivity index (χ2v) is 25.3. The summed E-state index contributed by atoms with van der Waals surface area (Å²) in [4.78, 5) is 1.91. The molecule has 0 aromatic rings. The molecule has 6 atom stereocenters. The van der Waals surface area contributed by atoms with E-state index in [0.717, 1.165) is 24.9 Å². The van der Waals surface area contributed by atoms with E-state index in [9.17, 15) is 0 Å². The van der Waals surface area contributed by atoms with Crippen molar-refractivity contribution in [3.05, 3.63) is 23.3 Å². The van der Waals surface area contributed by atoms with Crippen LogP contribution >= 0.6 is 63.7 Å². The molecule has 0 radical (unpaired) electrons. The minimum atomic E-state index is -2.03. The van der Waals surface area contributed by atoms with Gasteiger partial charge in [0.25, 0.3) is 0 Å². The van der Waals surface area contributed by atoms with Crippen LogP contribution in [0.1, 0.15) is 54.4 Å². The standard InChI is InChI=1S/C22H38Br4OSi2/c1-21(2,3)28(7,13-15-9-17(23)18(24)10-15)27-29(8,22(4,5)6)14-16-11-19(25)20(26)12-16/h9,11,17-20H,10,12-14H2,1-8H3. The monoisotopic (exact) mass is 690 g/mol. The normalized spacial score (nSPS) is 32.6. The molecule has 0 N–H and O–H groups in total. The molecule has 6 unspecified atom stereocenters. The van der Waals surface area contributed by atoms with E-state index in [-0.39, 0.29) is 10.1 Å². The number of rotatable bonds is 6. The second kappa shape index (κ2) is 9.57. The lowest BCUT2D eigenvalue weighted by atomic mass is 10.2. The van der Waals surface area contributed by atoms with Crippen molar-refractivity contribution in [3.8, 4) is 0 Å². The Bertz CT molecular complexity index is 611. The Hall–Kier alpha value is 1.79. The highest BCUT2D eigenvalue weighted by Gasteiger charge is 2.52. The highest BCUT2D eigenvalue weighted by molar-refractivity contribution is 9.12. The van der Waals surface area contributed by atoms with E-state index < -0.39 is 16.6 Å². The smallest absolute Gasteiger partial charge is 0.186 e. The first kappa shape index (κ1) is 27.0. The van der Waals surface area contributed by atoms with Crippen LogP contribution in [0.25, 0.3) is 0 Å². The maximum Gasteiger partial charge on any atom is 0.186 e. The first-order valence-corrected chi connectivity index (χ1v) is 19.5. The molecule has 2 rings (SSSR count). The summed E-state index contributed by atoms with van der Waals surface area (Å²) < 4.78 is 7.55. The van der Waals surface area contributed by atoms with E-state index in [1.165, 1.54) is 0 Å². The van der Waals surface area contributed by atoms with Gasteiger partial charge in [-0.3, -0.25) is 0 Å². The van der Waals surface area contributed by atoms with Gasteiger partial charge >= 0.3 is 0 Å². The Kier molecular flexibility index (Phi) is 8.93. The van der Waals surface area contributed by atoms with Crippen LogP contribution in [0.5, 0.6) is 0 Å². The van der Waals surface area contributed by atoms with Crippen molar-refractivity contribution in [1.29, 1.82) is 0 Å². The minimum absolute atomic E-state index is 0.194. The average Bonchev–Trinajstić information content (AvgIpc) is 2.98. The zero-order valence-electron chi connectivity index (χ0n) is 19.2. The predicted octanol–water partition coefficient (Wildman–Crippen LogP) is 9.47. The summed E-state index contributed by atoms with van der Waals surface area (Å²) >= 11 is 15.3. The van der Waals surface area contributed by atoms with Crippen LogP contribution in [0, 0.1) is 0 Å². The van der Waals surface area contributed by atoms with E-state index in [1.807, 2.05) is 0 Å². The SMILES string of the molecule is CC(C)(C)[Si](C)(CC1=CC(Br)C(Br)C1)O[Si](C)(CC1=CC(Br)C(Br)C1)C(C)(C)C. The Balaban J connectivity index is 2.34. The molecule has 0 saturated heterocycles. The van der Waals surface area contributed by atoms with Crippen LogP contribution in [-0.2, 0) is 4.12 Å². The van der Waals surface area contributed by atoms with Gasteiger partial charge in [0.2, 0.25) is 0 Å². The van der Waals surface area contributed by atoms with Crippen LogP contribution in [0.3, 0.4) is 0 Å². The van der Waals surface area contributed by atoms with Crippen molar-refractivity contribution in [2.24, 2.45) is 0 Å². The van der Waals surface area contributed by atoms with Gasteiger partial charge in [-0.05, 0) is 48.1 Å². The maximum absolute atomic E-state index is 7.55. The lowest BCUT2D eigenvalue weighted by Gasteiger charge is -2.51. The topological polar surface area (TPSA) is 9.23 Å². The molecular formula is C22H38Br4OSi2. The van der Waals surface area contributed by atoms with Gasteiger partial charge in [0.1, 0.15) is 0 Å². The summed E-state index contributed by atoms with van der Waals surface area (Å²) in [5.41, 5.74) is 3.15. The molecule has 0 heterocycles. The second-order valence-electron chi connectivity index (χ2n) is 11.4. The van der Waals surface area contributed by atoms with E-state index in [4.69, 9.17) is 4.12 Å². The fourth-order valence-corrected chi connectivity index (χ4v) is 16.6. The van der Waals surface area contributed by atoms with E-state index in [0.29, 0.717) is 19.3 Å². The minimum Gasteiger partial charge on any atom is -0.454 e. The van der Waals surface area contributed by atoms with Gasteiger partial charge in [0.05, 0.1) is 0 Å². The van der Waals surface area contributed by atoms with Gasteiger partial charge in [-0.1, -0.05) is 129 Å². The molecule has 0 saturated carbocycles. The molecule has 0 amide bonds. The van der Waals surface area contributed by atoms with Crippen LogP contribution in [0.4, 0.5) is 0 Å². The quantitative estimate of drug-likeness (QED) is 0.153. The predicted molar refractivity (Wildman–Crippen MR) is 150 cm³/mol. The molecule has 2 aliphatic carbocycles. The largest absolute Gasteiger partial charge is 0.454 e. The van der Waals surface area contributed by atoms with Gasteiger partial charge in [-0.15, -0.1) is 0 Å². The molecule has 168 valence electrons. The molecule has 1 nitrogen and oxygen atoms in total. The van der Waals surface area contributed by atoms with Gasteiger partial charge in [0, 0.05) is 19.3 Å². The molecule has 0 aromatic carbocycles. The third kappa shape index (κ3) is 6.44. The van der Waals surface area contributed by atoms with Crippen molar-refractivity contribution < 1.29 is 4.12 Å². The number of alkyl halides is 4. The zero-order chi connectivity index (χ0) is 22.4. The van der Waals surface area contributed by atoms with Gasteiger partial charge in [-0.25, -0.2) is 0 Å². The Labute approximate surface area is 215 Å². The number of allylic oxidation sites excluding steroid dienone is 4. The highest BCUT2D eigenvalue weighted by atomic mass is 79.9. The fraction of sp³-hybridized carbons (Fsp3) is 0.818.